The van der Waals surface area contributed by atoms with E-state index in [2.05, 4.69) is 111 Å². The number of rotatable bonds is 2. The Kier molecular flexibility index (Phi) is 4.42. The van der Waals surface area contributed by atoms with Crippen molar-refractivity contribution in [2.45, 2.75) is 13.8 Å². The standard InChI is InChI=1S/C32H22S2/c1-19-13-14-21(23-9-6-10-25-24-8-3-4-11-28(24)34-32(23)25)17-27(19)22-15-16-26-30(18-22)33-29-12-5-7-20(2)31(26)29/h3-18H,1-2H3. The van der Waals surface area contributed by atoms with E-state index in [1.807, 2.05) is 22.7 Å². The normalized spacial score (nSPS) is 11.8. The number of hydrogen-bond acceptors (Lipinski definition) is 2. The second-order valence-corrected chi connectivity index (χ2v) is 11.2. The lowest BCUT2D eigenvalue weighted by molar-refractivity contribution is 1.46. The van der Waals surface area contributed by atoms with Crippen molar-refractivity contribution in [3.63, 3.8) is 0 Å². The predicted molar refractivity (Wildman–Crippen MR) is 153 cm³/mol. The first kappa shape index (κ1) is 20.0. The van der Waals surface area contributed by atoms with Gasteiger partial charge < -0.3 is 0 Å². The molecule has 0 spiro atoms. The Hall–Kier alpha value is -3.46. The van der Waals surface area contributed by atoms with E-state index in [0.717, 1.165) is 0 Å². The quantitative estimate of drug-likeness (QED) is 0.236. The van der Waals surface area contributed by atoms with Crippen molar-refractivity contribution in [1.82, 2.24) is 0 Å². The molecule has 2 heteroatoms. The average molecular weight is 471 g/mol. The summed E-state index contributed by atoms with van der Waals surface area (Å²) < 4.78 is 5.45. The average Bonchev–Trinajstić information content (AvgIpc) is 3.43. The summed E-state index contributed by atoms with van der Waals surface area (Å²) in [6.45, 7) is 4.43. The Bertz CT molecular complexity index is 1880. The lowest BCUT2D eigenvalue weighted by atomic mass is 9.94. The molecule has 7 rings (SSSR count). The maximum Gasteiger partial charge on any atom is 0.0433 e. The molecule has 0 aliphatic rings. The van der Waals surface area contributed by atoms with Gasteiger partial charge in [0.1, 0.15) is 0 Å². The van der Waals surface area contributed by atoms with Crippen molar-refractivity contribution in [3.05, 3.63) is 108 Å². The maximum atomic E-state index is 2.38. The van der Waals surface area contributed by atoms with Gasteiger partial charge in [-0.3, -0.25) is 0 Å². The highest BCUT2D eigenvalue weighted by atomic mass is 32.1. The third-order valence-corrected chi connectivity index (χ3v) is 9.31. The third kappa shape index (κ3) is 2.96. The maximum absolute atomic E-state index is 2.38. The monoisotopic (exact) mass is 470 g/mol. The number of thiophene rings is 2. The molecule has 0 fully saturated rings. The lowest BCUT2D eigenvalue weighted by Crippen LogP contribution is -1.86. The van der Waals surface area contributed by atoms with Gasteiger partial charge >= 0.3 is 0 Å². The Morgan fingerprint density at radius 3 is 2.18 bits per heavy atom. The fourth-order valence-electron chi connectivity index (χ4n) is 5.25. The minimum absolute atomic E-state index is 1.28. The van der Waals surface area contributed by atoms with Crippen LogP contribution >= 0.6 is 22.7 Å². The Labute approximate surface area is 206 Å². The molecule has 0 atom stereocenters. The fourth-order valence-corrected chi connectivity index (χ4v) is 7.71. The molecule has 2 heterocycles. The van der Waals surface area contributed by atoms with Gasteiger partial charge in [-0.05, 0) is 71.5 Å². The molecule has 0 aliphatic heterocycles. The van der Waals surface area contributed by atoms with Crippen LogP contribution in [0.5, 0.6) is 0 Å². The first-order chi connectivity index (χ1) is 16.7. The first-order valence-corrected chi connectivity index (χ1v) is 13.2. The van der Waals surface area contributed by atoms with Gasteiger partial charge in [-0.15, -0.1) is 22.7 Å². The molecule has 0 saturated heterocycles. The SMILES string of the molecule is Cc1ccc(-c2cccc3c2sc2ccccc23)cc1-c1ccc2c(c1)sc1cccc(C)c12. The molecule has 0 unspecified atom stereocenters. The van der Waals surface area contributed by atoms with E-state index in [1.165, 1.54) is 73.7 Å². The van der Waals surface area contributed by atoms with Crippen LogP contribution in [0.4, 0.5) is 0 Å². The summed E-state index contributed by atoms with van der Waals surface area (Å²) >= 11 is 3.79. The highest BCUT2D eigenvalue weighted by Crippen LogP contribution is 2.42. The molecule has 7 aromatic rings. The van der Waals surface area contributed by atoms with Gasteiger partial charge in [0, 0.05) is 40.3 Å². The molecular weight excluding hydrogens is 448 g/mol. The zero-order valence-electron chi connectivity index (χ0n) is 19.1. The molecule has 0 radical (unpaired) electrons. The van der Waals surface area contributed by atoms with Crippen LogP contribution in [0.25, 0.3) is 62.6 Å². The second-order valence-electron chi connectivity index (χ2n) is 9.07. The van der Waals surface area contributed by atoms with Gasteiger partial charge in [0.15, 0.2) is 0 Å². The van der Waals surface area contributed by atoms with E-state index in [9.17, 15) is 0 Å². The third-order valence-electron chi connectivity index (χ3n) is 6.97. The Morgan fingerprint density at radius 1 is 0.471 bits per heavy atom. The summed E-state index contributed by atoms with van der Waals surface area (Å²) in [5, 5.41) is 5.46. The van der Waals surface area contributed by atoms with Crippen molar-refractivity contribution in [2.24, 2.45) is 0 Å². The molecule has 0 aliphatic carbocycles. The van der Waals surface area contributed by atoms with Crippen LogP contribution in [-0.4, -0.2) is 0 Å². The van der Waals surface area contributed by atoms with Crippen LogP contribution in [0.15, 0.2) is 97.1 Å². The predicted octanol–water partition coefficient (Wildman–Crippen LogP) is 10.4. The van der Waals surface area contributed by atoms with Gasteiger partial charge in [-0.1, -0.05) is 72.8 Å². The summed E-state index contributed by atoms with van der Waals surface area (Å²) in [5.74, 6) is 0. The van der Waals surface area contributed by atoms with Crippen LogP contribution in [-0.2, 0) is 0 Å². The molecule has 0 N–H and O–H groups in total. The molecule has 162 valence electrons. The zero-order valence-corrected chi connectivity index (χ0v) is 20.7. The van der Waals surface area contributed by atoms with E-state index in [4.69, 9.17) is 0 Å². The van der Waals surface area contributed by atoms with Crippen LogP contribution < -0.4 is 0 Å². The minimum Gasteiger partial charge on any atom is -0.135 e. The number of fused-ring (bicyclic) bond motifs is 6. The van der Waals surface area contributed by atoms with E-state index in [0.29, 0.717) is 0 Å². The fraction of sp³-hybridized carbons (Fsp3) is 0.0625. The van der Waals surface area contributed by atoms with Gasteiger partial charge in [0.25, 0.3) is 0 Å². The molecule has 0 nitrogen and oxygen atoms in total. The molecule has 0 amide bonds. The molecule has 34 heavy (non-hydrogen) atoms. The molecule has 0 bridgehead atoms. The van der Waals surface area contributed by atoms with Crippen molar-refractivity contribution < 1.29 is 0 Å². The molecule has 5 aromatic carbocycles. The van der Waals surface area contributed by atoms with Gasteiger partial charge in [0.2, 0.25) is 0 Å². The first-order valence-electron chi connectivity index (χ1n) is 11.6. The summed E-state index contributed by atoms with van der Waals surface area (Å²) in [7, 11) is 0. The number of benzene rings is 5. The number of hydrogen-bond donors (Lipinski definition) is 0. The topological polar surface area (TPSA) is 0 Å². The Morgan fingerprint density at radius 2 is 1.24 bits per heavy atom. The zero-order chi connectivity index (χ0) is 22.8. The van der Waals surface area contributed by atoms with Crippen LogP contribution in [0.2, 0.25) is 0 Å². The largest absolute Gasteiger partial charge is 0.135 e. The molecular formula is C32H22S2. The second kappa shape index (κ2) is 7.53. The van der Waals surface area contributed by atoms with Gasteiger partial charge in [-0.25, -0.2) is 0 Å². The van der Waals surface area contributed by atoms with Gasteiger partial charge in [0.05, 0.1) is 0 Å². The Balaban J connectivity index is 1.42. The highest BCUT2D eigenvalue weighted by Gasteiger charge is 2.13. The van der Waals surface area contributed by atoms with E-state index in [-0.39, 0.29) is 0 Å². The summed E-state index contributed by atoms with van der Waals surface area (Å²) in [5.41, 5.74) is 7.87. The van der Waals surface area contributed by atoms with Crippen LogP contribution in [0, 0.1) is 13.8 Å². The molecule has 0 saturated carbocycles. The van der Waals surface area contributed by atoms with E-state index < -0.39 is 0 Å². The smallest absolute Gasteiger partial charge is 0.0433 e. The van der Waals surface area contributed by atoms with Crippen molar-refractivity contribution in [1.29, 1.82) is 0 Å². The number of aryl methyl sites for hydroxylation is 2. The van der Waals surface area contributed by atoms with Crippen LogP contribution in [0.1, 0.15) is 11.1 Å². The van der Waals surface area contributed by atoms with Crippen molar-refractivity contribution in [2.75, 3.05) is 0 Å². The highest BCUT2D eigenvalue weighted by molar-refractivity contribution is 7.26. The van der Waals surface area contributed by atoms with Crippen LogP contribution in [0.3, 0.4) is 0 Å². The lowest BCUT2D eigenvalue weighted by Gasteiger charge is -2.11. The molecule has 2 aromatic heterocycles. The van der Waals surface area contributed by atoms with Gasteiger partial charge in [-0.2, -0.15) is 0 Å². The minimum atomic E-state index is 1.28. The summed E-state index contributed by atoms with van der Waals surface area (Å²) in [6, 6.07) is 36.0. The van der Waals surface area contributed by atoms with E-state index in [1.54, 1.807) is 0 Å². The van der Waals surface area contributed by atoms with E-state index >= 15 is 0 Å². The summed E-state index contributed by atoms with van der Waals surface area (Å²) in [4.78, 5) is 0. The summed E-state index contributed by atoms with van der Waals surface area (Å²) in [6.07, 6.45) is 0. The van der Waals surface area contributed by atoms with Crippen molar-refractivity contribution in [3.8, 4) is 22.3 Å². The van der Waals surface area contributed by atoms with Crippen molar-refractivity contribution >= 4 is 63.0 Å².